The molecule has 0 aliphatic heterocycles. The van der Waals surface area contributed by atoms with Crippen LogP contribution in [0.3, 0.4) is 0 Å². The molecule has 0 aliphatic carbocycles. The van der Waals surface area contributed by atoms with Crippen LogP contribution in [0.5, 0.6) is 0 Å². The van der Waals surface area contributed by atoms with Gasteiger partial charge < -0.3 is 5.32 Å². The molecule has 0 spiro atoms. The zero-order valence-corrected chi connectivity index (χ0v) is 16.5. The molecule has 0 atom stereocenters. The van der Waals surface area contributed by atoms with Gasteiger partial charge in [0.1, 0.15) is 0 Å². The number of carbonyl (C=O) groups excluding carboxylic acids is 2. The fraction of sp³-hybridized carbons (Fsp3) is 0.476. The van der Waals surface area contributed by atoms with Crippen LogP contribution in [0.15, 0.2) is 18.2 Å². The van der Waals surface area contributed by atoms with Gasteiger partial charge in [0, 0.05) is 24.2 Å². The molecule has 0 radical (unpaired) electrons. The summed E-state index contributed by atoms with van der Waals surface area (Å²) < 4.78 is 1.46. The van der Waals surface area contributed by atoms with Crippen LogP contribution in [0, 0.1) is 27.7 Å². The van der Waals surface area contributed by atoms with Crippen molar-refractivity contribution in [3.05, 3.63) is 46.3 Å². The topological polar surface area (TPSA) is 64.0 Å². The van der Waals surface area contributed by atoms with Gasteiger partial charge in [0.2, 0.25) is 11.8 Å². The maximum absolute atomic E-state index is 12.5. The Kier molecular flexibility index (Phi) is 6.72. The molecular formula is C21H29N3O2. The second-order valence-corrected chi connectivity index (χ2v) is 6.93. The van der Waals surface area contributed by atoms with Gasteiger partial charge in [-0.1, -0.05) is 31.0 Å². The van der Waals surface area contributed by atoms with Crippen LogP contribution in [-0.2, 0) is 11.2 Å². The van der Waals surface area contributed by atoms with E-state index in [1.807, 2.05) is 45.9 Å². The zero-order chi connectivity index (χ0) is 19.3. The first-order valence-electron chi connectivity index (χ1n) is 9.28. The van der Waals surface area contributed by atoms with Gasteiger partial charge in [-0.3, -0.25) is 9.59 Å². The molecule has 5 heteroatoms. The monoisotopic (exact) mass is 355 g/mol. The van der Waals surface area contributed by atoms with Crippen molar-refractivity contribution in [1.29, 1.82) is 0 Å². The summed E-state index contributed by atoms with van der Waals surface area (Å²) in [6.45, 7) is 9.99. The number of unbranched alkanes of at least 4 members (excludes halogenated alkanes) is 1. The van der Waals surface area contributed by atoms with Crippen molar-refractivity contribution < 1.29 is 9.59 Å². The van der Waals surface area contributed by atoms with Crippen molar-refractivity contribution in [3.63, 3.8) is 0 Å². The maximum Gasteiger partial charge on any atom is 0.247 e. The van der Waals surface area contributed by atoms with Crippen LogP contribution in [0.1, 0.15) is 65.5 Å². The van der Waals surface area contributed by atoms with E-state index < -0.39 is 0 Å². The number of nitrogens with one attached hydrogen (secondary N) is 1. The third-order valence-electron chi connectivity index (χ3n) is 4.68. The van der Waals surface area contributed by atoms with Crippen molar-refractivity contribution in [1.82, 2.24) is 9.78 Å². The fourth-order valence-electron chi connectivity index (χ4n) is 3.13. The molecule has 5 nitrogen and oxygen atoms in total. The van der Waals surface area contributed by atoms with Crippen LogP contribution in [-0.4, -0.2) is 21.6 Å². The molecule has 26 heavy (non-hydrogen) atoms. The molecule has 0 bridgehead atoms. The summed E-state index contributed by atoms with van der Waals surface area (Å²) in [4.78, 5) is 24.7. The third-order valence-corrected chi connectivity index (χ3v) is 4.68. The smallest absolute Gasteiger partial charge is 0.247 e. The lowest BCUT2D eigenvalue weighted by Gasteiger charge is -2.09. The Morgan fingerprint density at radius 2 is 1.85 bits per heavy atom. The summed E-state index contributed by atoms with van der Waals surface area (Å²) in [7, 11) is 0. The van der Waals surface area contributed by atoms with Crippen molar-refractivity contribution in [2.75, 3.05) is 5.32 Å². The molecule has 0 saturated carbocycles. The first kappa shape index (κ1) is 19.9. The zero-order valence-electron chi connectivity index (χ0n) is 16.5. The van der Waals surface area contributed by atoms with E-state index in [1.165, 1.54) is 4.68 Å². The van der Waals surface area contributed by atoms with Crippen LogP contribution < -0.4 is 5.32 Å². The number of aromatic nitrogens is 2. The van der Waals surface area contributed by atoms with E-state index in [0.717, 1.165) is 53.0 Å². The summed E-state index contributed by atoms with van der Waals surface area (Å²) in [5.41, 5.74) is 5.92. The number of anilines is 1. The van der Waals surface area contributed by atoms with Crippen LogP contribution in [0.4, 0.5) is 5.69 Å². The minimum atomic E-state index is -0.155. The number of hydrogen-bond acceptors (Lipinski definition) is 3. The number of benzene rings is 1. The van der Waals surface area contributed by atoms with Gasteiger partial charge in [-0.2, -0.15) is 5.10 Å². The summed E-state index contributed by atoms with van der Waals surface area (Å²) in [5, 5.41) is 7.27. The van der Waals surface area contributed by atoms with Crippen LogP contribution in [0.25, 0.3) is 0 Å². The Morgan fingerprint density at radius 3 is 2.50 bits per heavy atom. The Hall–Kier alpha value is -2.43. The van der Waals surface area contributed by atoms with E-state index in [-0.39, 0.29) is 24.7 Å². The molecule has 1 N–H and O–H groups in total. The lowest BCUT2D eigenvalue weighted by Crippen LogP contribution is -2.19. The molecule has 1 aromatic carbocycles. The second-order valence-electron chi connectivity index (χ2n) is 6.93. The number of aryl methyl sites for hydroxylation is 3. The van der Waals surface area contributed by atoms with Crippen molar-refractivity contribution in [2.24, 2.45) is 0 Å². The van der Waals surface area contributed by atoms with E-state index >= 15 is 0 Å². The van der Waals surface area contributed by atoms with Gasteiger partial charge in [0.15, 0.2) is 0 Å². The molecule has 0 fully saturated rings. The largest absolute Gasteiger partial charge is 0.326 e. The highest BCUT2D eigenvalue weighted by Gasteiger charge is 2.17. The van der Waals surface area contributed by atoms with Crippen molar-refractivity contribution in [2.45, 2.75) is 66.7 Å². The summed E-state index contributed by atoms with van der Waals surface area (Å²) in [6, 6.07) is 5.88. The Labute approximate surface area is 155 Å². The number of nitrogens with zero attached hydrogens (tertiary/aromatic N) is 2. The minimum Gasteiger partial charge on any atom is -0.326 e. The molecule has 0 aliphatic rings. The molecule has 2 aromatic rings. The summed E-state index contributed by atoms with van der Waals surface area (Å²) in [5.74, 6) is -0.290. The molecule has 1 heterocycles. The predicted molar refractivity (Wildman–Crippen MR) is 105 cm³/mol. The fourth-order valence-corrected chi connectivity index (χ4v) is 3.13. The van der Waals surface area contributed by atoms with E-state index in [0.29, 0.717) is 0 Å². The second kappa shape index (κ2) is 8.79. The highest BCUT2D eigenvalue weighted by atomic mass is 16.2. The lowest BCUT2D eigenvalue weighted by molar-refractivity contribution is -0.116. The van der Waals surface area contributed by atoms with Gasteiger partial charge in [-0.15, -0.1) is 0 Å². The molecule has 2 rings (SSSR count). The standard InChI is InChI=1S/C21H29N3O2/c1-6-7-8-18-16(4)23-24(17(18)5)21(26)12-11-20(25)22-19-10-9-14(2)13-15(19)3/h9-10,13H,6-8,11-12H2,1-5H3,(H,22,25). The molecular weight excluding hydrogens is 326 g/mol. The van der Waals surface area contributed by atoms with Gasteiger partial charge in [-0.05, 0) is 57.7 Å². The van der Waals surface area contributed by atoms with Crippen molar-refractivity contribution >= 4 is 17.5 Å². The molecule has 0 unspecified atom stereocenters. The Balaban J connectivity index is 1.97. The first-order valence-corrected chi connectivity index (χ1v) is 9.28. The highest BCUT2D eigenvalue weighted by Crippen LogP contribution is 2.18. The van der Waals surface area contributed by atoms with E-state index in [2.05, 4.69) is 17.3 Å². The minimum absolute atomic E-state index is 0.135. The van der Waals surface area contributed by atoms with Gasteiger partial charge in [0.05, 0.1) is 5.69 Å². The SMILES string of the molecule is CCCCc1c(C)nn(C(=O)CCC(=O)Nc2ccc(C)cc2C)c1C. The number of carbonyl (C=O) groups is 2. The van der Waals surface area contributed by atoms with E-state index in [4.69, 9.17) is 0 Å². The lowest BCUT2D eigenvalue weighted by atomic mass is 10.1. The molecule has 1 aromatic heterocycles. The van der Waals surface area contributed by atoms with Crippen LogP contribution in [0.2, 0.25) is 0 Å². The normalized spacial score (nSPS) is 10.8. The quantitative estimate of drug-likeness (QED) is 0.794. The molecule has 140 valence electrons. The van der Waals surface area contributed by atoms with Crippen molar-refractivity contribution in [3.8, 4) is 0 Å². The van der Waals surface area contributed by atoms with Crippen LogP contribution >= 0.6 is 0 Å². The maximum atomic E-state index is 12.5. The third kappa shape index (κ3) is 4.81. The van der Waals surface area contributed by atoms with Gasteiger partial charge >= 0.3 is 0 Å². The van der Waals surface area contributed by atoms with Gasteiger partial charge in [-0.25, -0.2) is 4.68 Å². The van der Waals surface area contributed by atoms with E-state index in [1.54, 1.807) is 0 Å². The number of amides is 1. The highest BCUT2D eigenvalue weighted by molar-refractivity contribution is 5.94. The van der Waals surface area contributed by atoms with Gasteiger partial charge in [0.25, 0.3) is 0 Å². The number of hydrogen-bond donors (Lipinski definition) is 1. The number of rotatable bonds is 7. The predicted octanol–water partition coefficient (Wildman–Crippen LogP) is 4.52. The molecule has 1 amide bonds. The average Bonchev–Trinajstić information content (AvgIpc) is 2.87. The van der Waals surface area contributed by atoms with E-state index in [9.17, 15) is 9.59 Å². The summed E-state index contributed by atoms with van der Waals surface area (Å²) in [6.07, 6.45) is 3.42. The summed E-state index contributed by atoms with van der Waals surface area (Å²) >= 11 is 0. The Bertz CT molecular complexity index is 806. The average molecular weight is 355 g/mol. The molecule has 0 saturated heterocycles. The first-order chi connectivity index (χ1) is 12.3. The Morgan fingerprint density at radius 1 is 1.12 bits per heavy atom.